The summed E-state index contributed by atoms with van der Waals surface area (Å²) in [6.07, 6.45) is -8.33. The van der Waals surface area contributed by atoms with Crippen LogP contribution >= 0.6 is 0 Å². The fourth-order valence-electron chi connectivity index (χ4n) is 1.65. The zero-order chi connectivity index (χ0) is 15.0. The summed E-state index contributed by atoms with van der Waals surface area (Å²) >= 11 is 0. The van der Waals surface area contributed by atoms with Crippen LogP contribution in [0.5, 0.6) is 0 Å². The van der Waals surface area contributed by atoms with E-state index in [9.17, 15) is 26.3 Å². The number of hydrogen-bond acceptors (Lipinski definition) is 1. The highest BCUT2D eigenvalue weighted by Gasteiger charge is 2.37. The Hall–Kier alpha value is -2.05. The smallest absolute Gasteiger partial charge is 0.256 e. The Labute approximate surface area is 109 Å². The van der Waals surface area contributed by atoms with E-state index in [4.69, 9.17) is 0 Å². The van der Waals surface area contributed by atoms with Gasteiger partial charge in [-0.25, -0.2) is 0 Å². The lowest BCUT2D eigenvalue weighted by Crippen LogP contribution is -2.11. The van der Waals surface area contributed by atoms with Gasteiger partial charge in [0.1, 0.15) is 0 Å². The molecule has 0 atom stereocenters. The number of pyridine rings is 1. The highest BCUT2D eigenvalue weighted by Crippen LogP contribution is 2.39. The van der Waals surface area contributed by atoms with Crippen molar-refractivity contribution in [3.8, 4) is 11.3 Å². The second-order valence-electron chi connectivity index (χ2n) is 3.90. The summed E-state index contributed by atoms with van der Waals surface area (Å²) in [6.45, 7) is 0. The lowest BCUT2D eigenvalue weighted by Gasteiger charge is -2.15. The normalized spacial score (nSPS) is 12.5. The van der Waals surface area contributed by atoms with Gasteiger partial charge in [-0.05, 0) is 36.4 Å². The van der Waals surface area contributed by atoms with Gasteiger partial charge in [-0.2, -0.15) is 26.3 Å². The van der Waals surface area contributed by atoms with E-state index in [-0.39, 0.29) is 5.69 Å². The summed E-state index contributed by atoms with van der Waals surface area (Å²) in [5.41, 5.74) is -3.17. The molecule has 0 unspecified atom stereocenters. The number of hydrogen-bond donors (Lipinski definition) is 0. The molecule has 7 heteroatoms. The molecule has 1 radical (unpaired) electrons. The Morgan fingerprint density at radius 1 is 0.950 bits per heavy atom. The fourth-order valence-corrected chi connectivity index (χ4v) is 1.65. The molecule has 0 fully saturated rings. The average Bonchev–Trinajstić information content (AvgIpc) is 2.37. The highest BCUT2D eigenvalue weighted by atomic mass is 19.4. The van der Waals surface area contributed by atoms with Crippen LogP contribution in [0, 0.1) is 6.07 Å². The van der Waals surface area contributed by atoms with Crippen molar-refractivity contribution in [2.75, 3.05) is 0 Å². The van der Waals surface area contributed by atoms with E-state index in [2.05, 4.69) is 11.1 Å². The van der Waals surface area contributed by atoms with Crippen LogP contribution in [0.3, 0.4) is 0 Å². The molecule has 1 aromatic heterocycles. The molecule has 1 aromatic carbocycles. The molecule has 0 N–H and O–H groups in total. The minimum atomic E-state index is -4.77. The lowest BCUT2D eigenvalue weighted by atomic mass is 10.00. The van der Waals surface area contributed by atoms with Crippen molar-refractivity contribution in [2.45, 2.75) is 12.4 Å². The first-order chi connectivity index (χ1) is 9.19. The topological polar surface area (TPSA) is 12.9 Å². The van der Waals surface area contributed by atoms with Crippen molar-refractivity contribution >= 4 is 0 Å². The molecular formula is C13H6F6N. The van der Waals surface area contributed by atoms with Crippen molar-refractivity contribution in [1.82, 2.24) is 4.98 Å². The van der Waals surface area contributed by atoms with Crippen LogP contribution in [0.25, 0.3) is 11.3 Å². The molecule has 0 aliphatic carbocycles. The van der Waals surface area contributed by atoms with Crippen LogP contribution in [-0.2, 0) is 12.4 Å². The quantitative estimate of drug-likeness (QED) is 0.700. The van der Waals surface area contributed by atoms with Gasteiger partial charge < -0.3 is 0 Å². The van der Waals surface area contributed by atoms with Gasteiger partial charge in [0.2, 0.25) is 0 Å². The van der Waals surface area contributed by atoms with Crippen LogP contribution in [0.1, 0.15) is 11.1 Å². The van der Waals surface area contributed by atoms with Crippen molar-refractivity contribution in [1.29, 1.82) is 0 Å². The first-order valence-electron chi connectivity index (χ1n) is 5.30. The average molecular weight is 290 g/mol. The molecule has 105 valence electrons. The minimum absolute atomic E-state index is 0.217. The van der Waals surface area contributed by atoms with Gasteiger partial charge >= 0.3 is 12.4 Å². The summed E-state index contributed by atoms with van der Waals surface area (Å²) in [5, 5.41) is 0. The van der Waals surface area contributed by atoms with E-state index < -0.39 is 29.0 Å². The molecule has 0 aliphatic rings. The molecule has 0 amide bonds. The zero-order valence-electron chi connectivity index (χ0n) is 9.68. The number of aromatic nitrogens is 1. The molecule has 1 nitrogen and oxygen atoms in total. The molecule has 2 rings (SSSR count). The second kappa shape index (κ2) is 4.81. The number of halogens is 6. The lowest BCUT2D eigenvalue weighted by molar-refractivity contribution is -0.141. The third-order valence-corrected chi connectivity index (χ3v) is 2.53. The third-order valence-electron chi connectivity index (χ3n) is 2.53. The van der Waals surface area contributed by atoms with Gasteiger partial charge in [0, 0.05) is 11.8 Å². The van der Waals surface area contributed by atoms with Gasteiger partial charge in [0.15, 0.2) is 0 Å². The molecule has 0 bridgehead atoms. The van der Waals surface area contributed by atoms with Gasteiger partial charge in [0.25, 0.3) is 0 Å². The number of benzene rings is 1. The van der Waals surface area contributed by atoms with Crippen molar-refractivity contribution in [3.63, 3.8) is 0 Å². The van der Waals surface area contributed by atoms with Crippen molar-refractivity contribution in [2.24, 2.45) is 0 Å². The van der Waals surface area contributed by atoms with Crippen LogP contribution in [0.2, 0.25) is 0 Å². The number of alkyl halides is 6. The van der Waals surface area contributed by atoms with E-state index in [1.165, 1.54) is 6.07 Å². The Morgan fingerprint density at radius 2 is 1.65 bits per heavy atom. The van der Waals surface area contributed by atoms with Crippen molar-refractivity contribution in [3.05, 3.63) is 53.7 Å². The maximum atomic E-state index is 12.8. The highest BCUT2D eigenvalue weighted by molar-refractivity contribution is 5.65. The van der Waals surface area contributed by atoms with Crippen LogP contribution < -0.4 is 0 Å². The monoisotopic (exact) mass is 290 g/mol. The summed E-state index contributed by atoms with van der Waals surface area (Å²) in [5.74, 6) is 0. The molecule has 0 spiro atoms. The van der Waals surface area contributed by atoms with Crippen LogP contribution in [0.15, 0.2) is 36.5 Å². The Kier molecular flexibility index (Phi) is 3.45. The summed E-state index contributed by atoms with van der Waals surface area (Å²) in [7, 11) is 0. The van der Waals surface area contributed by atoms with E-state index >= 15 is 0 Å². The zero-order valence-corrected chi connectivity index (χ0v) is 9.68. The molecule has 0 aliphatic heterocycles. The van der Waals surface area contributed by atoms with Crippen molar-refractivity contribution < 1.29 is 26.3 Å². The van der Waals surface area contributed by atoms with E-state index in [1.807, 2.05) is 0 Å². The predicted octanol–water partition coefficient (Wildman–Crippen LogP) is 4.59. The van der Waals surface area contributed by atoms with Gasteiger partial charge in [-0.1, -0.05) is 0 Å². The van der Waals surface area contributed by atoms with E-state index in [1.54, 1.807) is 0 Å². The first-order valence-corrected chi connectivity index (χ1v) is 5.30. The SMILES string of the molecule is FC(F)(F)c1ccc(C(F)(F)F)c(-c2c[c]ccn2)c1. The molecule has 20 heavy (non-hydrogen) atoms. The maximum Gasteiger partial charge on any atom is 0.417 e. The third kappa shape index (κ3) is 2.92. The standard InChI is InChI=1S/C13H6F6N/c14-12(15,16)8-4-5-10(13(17,18)19)9(7-8)11-3-1-2-6-20-11/h2-7H. The summed E-state index contributed by atoms with van der Waals surface area (Å²) in [4.78, 5) is 3.65. The molecular weight excluding hydrogens is 284 g/mol. The largest absolute Gasteiger partial charge is 0.417 e. The van der Waals surface area contributed by atoms with Gasteiger partial charge in [-0.15, -0.1) is 0 Å². The fraction of sp³-hybridized carbons (Fsp3) is 0.154. The van der Waals surface area contributed by atoms with Crippen LogP contribution in [0.4, 0.5) is 26.3 Å². The van der Waals surface area contributed by atoms with E-state index in [0.717, 1.165) is 12.3 Å². The van der Waals surface area contributed by atoms with E-state index in [0.29, 0.717) is 18.2 Å². The Balaban J connectivity index is 2.67. The summed E-state index contributed by atoms with van der Waals surface area (Å²) in [6, 6.07) is 6.18. The van der Waals surface area contributed by atoms with Crippen LogP contribution in [-0.4, -0.2) is 4.98 Å². The predicted molar refractivity (Wildman–Crippen MR) is 58.5 cm³/mol. The minimum Gasteiger partial charge on any atom is -0.256 e. The molecule has 0 saturated heterocycles. The second-order valence-corrected chi connectivity index (χ2v) is 3.90. The molecule has 1 heterocycles. The van der Waals surface area contributed by atoms with Gasteiger partial charge in [-0.3, -0.25) is 4.98 Å². The number of rotatable bonds is 1. The Morgan fingerprint density at radius 3 is 2.15 bits per heavy atom. The maximum absolute atomic E-state index is 12.8. The Bertz CT molecular complexity index is 600. The molecule has 2 aromatic rings. The van der Waals surface area contributed by atoms with Gasteiger partial charge in [0.05, 0.1) is 16.8 Å². The first kappa shape index (κ1) is 14.4. The molecule has 0 saturated carbocycles. The summed E-state index contributed by atoms with van der Waals surface area (Å²) < 4.78 is 76.3. The number of nitrogens with zero attached hydrogens (tertiary/aromatic N) is 1.